The average molecular weight is 453 g/mol. The molecule has 31 heavy (non-hydrogen) atoms. The van der Waals surface area contributed by atoms with Crippen LogP contribution < -0.4 is 0 Å². The van der Waals surface area contributed by atoms with E-state index in [9.17, 15) is 14.7 Å². The molecule has 1 aliphatic heterocycles. The van der Waals surface area contributed by atoms with Gasteiger partial charge >= 0.3 is 0 Å². The predicted octanol–water partition coefficient (Wildman–Crippen LogP) is 5.32. The van der Waals surface area contributed by atoms with Gasteiger partial charge < -0.3 is 10.0 Å². The molecule has 1 saturated heterocycles. The lowest BCUT2D eigenvalue weighted by molar-refractivity contribution is -0.140. The van der Waals surface area contributed by atoms with Crippen LogP contribution >= 0.6 is 23.2 Å². The van der Waals surface area contributed by atoms with Gasteiger partial charge in [-0.1, -0.05) is 53.5 Å². The van der Waals surface area contributed by atoms with Crippen molar-refractivity contribution in [2.45, 2.75) is 19.5 Å². The van der Waals surface area contributed by atoms with E-state index in [1.165, 1.54) is 17.0 Å². The first kappa shape index (κ1) is 21.1. The van der Waals surface area contributed by atoms with E-state index >= 15 is 0 Å². The van der Waals surface area contributed by atoms with Gasteiger partial charge in [0.1, 0.15) is 5.76 Å². The lowest BCUT2D eigenvalue weighted by Crippen LogP contribution is -2.29. The zero-order chi connectivity index (χ0) is 22.1. The Hall–Kier alpha value is -3.15. The van der Waals surface area contributed by atoms with Gasteiger partial charge in [-0.15, -0.1) is 0 Å². The van der Waals surface area contributed by atoms with Gasteiger partial charge in [0.25, 0.3) is 11.7 Å². The van der Waals surface area contributed by atoms with Crippen LogP contribution in [0.15, 0.2) is 72.6 Å². The molecule has 1 aromatic heterocycles. The third-order valence-electron chi connectivity index (χ3n) is 5.29. The number of nitrogens with zero attached hydrogens (tertiary/aromatic N) is 2. The van der Waals surface area contributed by atoms with Crippen molar-refractivity contribution in [1.29, 1.82) is 0 Å². The monoisotopic (exact) mass is 452 g/mol. The number of hydrogen-bond donors (Lipinski definition) is 1. The van der Waals surface area contributed by atoms with E-state index in [2.05, 4.69) is 4.98 Å². The third kappa shape index (κ3) is 3.94. The van der Waals surface area contributed by atoms with Gasteiger partial charge in [-0.2, -0.15) is 0 Å². The zero-order valence-electron chi connectivity index (χ0n) is 16.5. The highest BCUT2D eigenvalue weighted by Gasteiger charge is 2.46. The van der Waals surface area contributed by atoms with E-state index in [1.54, 1.807) is 24.5 Å². The summed E-state index contributed by atoms with van der Waals surface area (Å²) in [6.07, 6.45) is 3.29. The van der Waals surface area contributed by atoms with Gasteiger partial charge in [-0.3, -0.25) is 14.6 Å². The SMILES string of the molecule is Cc1ccccc1C1/C(=C(\O)c2ccc(Cl)c(Cl)c2)C(=O)C(=O)N1Cc1cccnc1. The topological polar surface area (TPSA) is 70.5 Å². The van der Waals surface area contributed by atoms with E-state index in [4.69, 9.17) is 23.2 Å². The summed E-state index contributed by atoms with van der Waals surface area (Å²) in [6.45, 7) is 2.08. The maximum atomic E-state index is 13.1. The molecule has 3 aromatic rings. The normalized spacial score (nSPS) is 17.9. The fraction of sp³-hybridized carbons (Fsp3) is 0.125. The van der Waals surface area contributed by atoms with Crippen molar-refractivity contribution in [2.24, 2.45) is 0 Å². The largest absolute Gasteiger partial charge is 0.507 e. The Balaban J connectivity index is 1.90. The molecule has 1 aliphatic rings. The van der Waals surface area contributed by atoms with Crippen LogP contribution in [-0.4, -0.2) is 26.7 Å². The summed E-state index contributed by atoms with van der Waals surface area (Å²) in [5.41, 5.74) is 2.75. The van der Waals surface area contributed by atoms with Crippen LogP contribution in [-0.2, 0) is 16.1 Å². The molecule has 0 spiro atoms. The van der Waals surface area contributed by atoms with Crippen molar-refractivity contribution >= 4 is 40.7 Å². The summed E-state index contributed by atoms with van der Waals surface area (Å²) in [7, 11) is 0. The lowest BCUT2D eigenvalue weighted by atomic mass is 9.92. The predicted molar refractivity (Wildman–Crippen MR) is 120 cm³/mol. The Morgan fingerprint density at radius 2 is 1.84 bits per heavy atom. The average Bonchev–Trinajstić information content (AvgIpc) is 3.01. The number of benzene rings is 2. The number of aliphatic hydroxyl groups is 1. The molecule has 1 amide bonds. The number of halogens is 2. The van der Waals surface area contributed by atoms with E-state index in [1.807, 2.05) is 37.3 Å². The van der Waals surface area contributed by atoms with Crippen molar-refractivity contribution in [3.63, 3.8) is 0 Å². The molecule has 1 atom stereocenters. The highest BCUT2D eigenvalue weighted by atomic mass is 35.5. The molecule has 2 aromatic carbocycles. The molecule has 0 bridgehead atoms. The highest BCUT2D eigenvalue weighted by molar-refractivity contribution is 6.46. The molecule has 1 N–H and O–H groups in total. The number of Topliss-reactive ketones (excluding diaryl/α,β-unsaturated/α-hetero) is 1. The van der Waals surface area contributed by atoms with E-state index < -0.39 is 17.7 Å². The van der Waals surface area contributed by atoms with Gasteiger partial charge in [0.05, 0.1) is 21.7 Å². The minimum absolute atomic E-state index is 0.0154. The molecular formula is C24H18Cl2N2O3. The fourth-order valence-corrected chi connectivity index (χ4v) is 4.05. The Labute approximate surface area is 189 Å². The summed E-state index contributed by atoms with van der Waals surface area (Å²) in [5.74, 6) is -1.72. The first-order valence-corrected chi connectivity index (χ1v) is 10.3. The summed E-state index contributed by atoms with van der Waals surface area (Å²) < 4.78 is 0. The Morgan fingerprint density at radius 3 is 2.52 bits per heavy atom. The van der Waals surface area contributed by atoms with Crippen LogP contribution in [0.3, 0.4) is 0 Å². The fourth-order valence-electron chi connectivity index (χ4n) is 3.75. The number of aromatic nitrogens is 1. The van der Waals surface area contributed by atoms with Crippen LogP contribution in [0.5, 0.6) is 0 Å². The number of aliphatic hydroxyl groups excluding tert-OH is 1. The van der Waals surface area contributed by atoms with Crippen LogP contribution in [0.2, 0.25) is 10.0 Å². The first-order valence-electron chi connectivity index (χ1n) is 9.56. The van der Waals surface area contributed by atoms with E-state index in [0.29, 0.717) is 10.6 Å². The van der Waals surface area contributed by atoms with Gasteiger partial charge in [-0.25, -0.2) is 0 Å². The molecule has 0 saturated carbocycles. The number of aryl methyl sites for hydroxylation is 1. The minimum Gasteiger partial charge on any atom is -0.507 e. The van der Waals surface area contributed by atoms with E-state index in [-0.39, 0.29) is 22.9 Å². The van der Waals surface area contributed by atoms with Crippen LogP contribution in [0.1, 0.15) is 28.3 Å². The molecule has 4 rings (SSSR count). The number of likely N-dealkylation sites (tertiary alicyclic amines) is 1. The van der Waals surface area contributed by atoms with Crippen molar-refractivity contribution in [3.8, 4) is 0 Å². The molecule has 1 fully saturated rings. The van der Waals surface area contributed by atoms with Crippen LogP contribution in [0, 0.1) is 6.92 Å². The number of carbonyl (C=O) groups is 2. The summed E-state index contributed by atoms with van der Waals surface area (Å²) in [5, 5.41) is 11.7. The summed E-state index contributed by atoms with van der Waals surface area (Å²) in [6, 6.07) is 14.9. The van der Waals surface area contributed by atoms with Gasteiger partial charge in [-0.05, 0) is 47.9 Å². The second-order valence-corrected chi connectivity index (χ2v) is 8.09. The van der Waals surface area contributed by atoms with Crippen molar-refractivity contribution in [3.05, 3.63) is 105 Å². The molecule has 5 nitrogen and oxygen atoms in total. The number of ketones is 1. The molecule has 1 unspecified atom stereocenters. The van der Waals surface area contributed by atoms with Crippen molar-refractivity contribution in [1.82, 2.24) is 9.88 Å². The highest BCUT2D eigenvalue weighted by Crippen LogP contribution is 2.41. The molecule has 2 heterocycles. The maximum Gasteiger partial charge on any atom is 0.295 e. The Kier molecular flexibility index (Phi) is 5.81. The number of carbonyl (C=O) groups excluding carboxylic acids is 2. The minimum atomic E-state index is -0.754. The molecule has 0 aliphatic carbocycles. The number of hydrogen-bond acceptors (Lipinski definition) is 4. The number of rotatable bonds is 4. The van der Waals surface area contributed by atoms with Crippen LogP contribution in [0.25, 0.3) is 5.76 Å². The van der Waals surface area contributed by atoms with Gasteiger partial charge in [0.2, 0.25) is 0 Å². The molecular weight excluding hydrogens is 435 g/mol. The second kappa shape index (κ2) is 8.53. The maximum absolute atomic E-state index is 13.1. The third-order valence-corrected chi connectivity index (χ3v) is 6.03. The first-order chi connectivity index (χ1) is 14.9. The quantitative estimate of drug-likeness (QED) is 0.330. The Morgan fingerprint density at radius 1 is 1.06 bits per heavy atom. The zero-order valence-corrected chi connectivity index (χ0v) is 18.1. The number of pyridine rings is 1. The Bertz CT molecular complexity index is 1210. The standard InChI is InChI=1S/C24H18Cl2N2O3/c1-14-5-2-3-7-17(14)21-20(22(29)16-8-9-18(25)19(26)11-16)23(30)24(31)28(21)13-15-6-4-10-27-12-15/h2-12,21,29H,13H2,1H3/b22-20+. The van der Waals surface area contributed by atoms with Crippen molar-refractivity contribution < 1.29 is 14.7 Å². The molecule has 7 heteroatoms. The lowest BCUT2D eigenvalue weighted by Gasteiger charge is -2.26. The van der Waals surface area contributed by atoms with Gasteiger partial charge in [0, 0.05) is 24.5 Å². The molecule has 156 valence electrons. The number of amides is 1. The van der Waals surface area contributed by atoms with Crippen LogP contribution in [0.4, 0.5) is 0 Å². The second-order valence-electron chi connectivity index (χ2n) is 7.27. The molecule has 0 radical (unpaired) electrons. The van der Waals surface area contributed by atoms with E-state index in [0.717, 1.165) is 16.7 Å². The smallest absolute Gasteiger partial charge is 0.295 e. The van der Waals surface area contributed by atoms with Crippen molar-refractivity contribution in [2.75, 3.05) is 0 Å². The van der Waals surface area contributed by atoms with Gasteiger partial charge in [0.15, 0.2) is 0 Å². The summed E-state index contributed by atoms with van der Waals surface area (Å²) in [4.78, 5) is 31.7. The summed E-state index contributed by atoms with van der Waals surface area (Å²) >= 11 is 12.1.